The highest BCUT2D eigenvalue weighted by Crippen LogP contribution is 2.46. The second-order valence-corrected chi connectivity index (χ2v) is 10.5. The minimum atomic E-state index is -1.89. The number of hydrogen-bond donors (Lipinski definition) is 8. The van der Waals surface area contributed by atoms with Crippen LogP contribution in [0.1, 0.15) is 11.7 Å². The van der Waals surface area contributed by atoms with Crippen LogP contribution in [0.25, 0.3) is 22.3 Å². The molecule has 0 bridgehead atoms. The minimum absolute atomic E-state index is 0.0667. The Morgan fingerprint density at radius 3 is 2.05 bits per heavy atom. The average Bonchev–Trinajstić information content (AvgIpc) is 3.03. The molecule has 8 N–H and O–H groups in total. The van der Waals surface area contributed by atoms with Gasteiger partial charge in [-0.15, -0.1) is 0 Å². The molecule has 0 amide bonds. The quantitative estimate of drug-likeness (QED) is 0.143. The second kappa shape index (κ2) is 12.9. The molecule has 10 atom stereocenters. The SMILES string of the molecule is COc1ccc(-c2cc(=O)c3c(O)c([C@@H]4OC(CO)[C@@H](O)[C@H](O)C4O[C@@H]4OC(CO)[C@@H](O)[C@H](O)C4O)c(OC)cc3o2)cc1. The monoisotopic (exact) mass is 622 g/mol. The summed E-state index contributed by atoms with van der Waals surface area (Å²) in [5.74, 6) is -0.0157. The zero-order valence-corrected chi connectivity index (χ0v) is 23.6. The van der Waals surface area contributed by atoms with Gasteiger partial charge in [0.25, 0.3) is 0 Å². The molecule has 4 unspecified atom stereocenters. The molecule has 15 nitrogen and oxygen atoms in total. The first-order chi connectivity index (χ1) is 21.0. The van der Waals surface area contributed by atoms with Crippen molar-refractivity contribution in [2.24, 2.45) is 0 Å². The number of methoxy groups -OCH3 is 2. The van der Waals surface area contributed by atoms with Crippen LogP contribution in [0.4, 0.5) is 0 Å². The van der Waals surface area contributed by atoms with Gasteiger partial charge in [-0.1, -0.05) is 0 Å². The van der Waals surface area contributed by atoms with Crippen molar-refractivity contribution in [3.63, 3.8) is 0 Å². The smallest absolute Gasteiger partial charge is 0.197 e. The lowest BCUT2D eigenvalue weighted by molar-refractivity contribution is -0.342. The summed E-state index contributed by atoms with van der Waals surface area (Å²) in [6.07, 6.45) is -16.8. The normalized spacial score (nSPS) is 32.5. The van der Waals surface area contributed by atoms with Crippen molar-refractivity contribution in [3.05, 3.63) is 52.2 Å². The highest BCUT2D eigenvalue weighted by atomic mass is 16.7. The lowest BCUT2D eigenvalue weighted by atomic mass is 9.89. The molecule has 0 radical (unpaired) electrons. The van der Waals surface area contributed by atoms with E-state index in [4.69, 9.17) is 28.1 Å². The first-order valence-corrected chi connectivity index (χ1v) is 13.6. The number of fused-ring (bicyclic) bond motifs is 1. The van der Waals surface area contributed by atoms with Gasteiger partial charge in [0, 0.05) is 17.7 Å². The number of phenols is 1. The number of hydrogen-bond acceptors (Lipinski definition) is 15. The van der Waals surface area contributed by atoms with Crippen LogP contribution in [0.15, 0.2) is 45.6 Å². The van der Waals surface area contributed by atoms with Crippen LogP contribution in [0.2, 0.25) is 0 Å². The molecular weight excluding hydrogens is 588 g/mol. The Hall–Kier alpha value is -3.35. The molecule has 2 aliphatic rings. The lowest BCUT2D eigenvalue weighted by Crippen LogP contribution is -2.62. The fourth-order valence-corrected chi connectivity index (χ4v) is 5.45. The number of aliphatic hydroxyl groups excluding tert-OH is 7. The van der Waals surface area contributed by atoms with Crippen molar-refractivity contribution >= 4 is 11.0 Å². The number of aromatic hydroxyl groups is 1. The minimum Gasteiger partial charge on any atom is -0.506 e. The molecule has 1 aromatic heterocycles. The molecule has 2 saturated heterocycles. The van der Waals surface area contributed by atoms with Gasteiger partial charge in [-0.25, -0.2) is 0 Å². The summed E-state index contributed by atoms with van der Waals surface area (Å²) >= 11 is 0. The van der Waals surface area contributed by atoms with Crippen molar-refractivity contribution in [2.75, 3.05) is 27.4 Å². The molecule has 2 fully saturated rings. The van der Waals surface area contributed by atoms with Crippen molar-refractivity contribution in [2.45, 2.75) is 61.2 Å². The molecular formula is C29H34O15. The zero-order valence-electron chi connectivity index (χ0n) is 23.6. The van der Waals surface area contributed by atoms with Crippen LogP contribution in [0, 0.1) is 0 Å². The van der Waals surface area contributed by atoms with E-state index in [-0.39, 0.29) is 28.0 Å². The van der Waals surface area contributed by atoms with Crippen LogP contribution >= 0.6 is 0 Å². The average molecular weight is 623 g/mol. The Balaban J connectivity index is 1.60. The molecule has 2 aliphatic heterocycles. The molecule has 44 heavy (non-hydrogen) atoms. The van der Waals surface area contributed by atoms with E-state index in [0.29, 0.717) is 11.3 Å². The van der Waals surface area contributed by atoms with Gasteiger partial charge in [-0.05, 0) is 24.3 Å². The predicted molar refractivity (Wildman–Crippen MR) is 148 cm³/mol. The third-order valence-electron chi connectivity index (χ3n) is 7.88. The maximum atomic E-state index is 13.4. The van der Waals surface area contributed by atoms with E-state index in [1.165, 1.54) is 26.4 Å². The van der Waals surface area contributed by atoms with Crippen LogP contribution < -0.4 is 14.9 Å². The molecule has 240 valence electrons. The van der Waals surface area contributed by atoms with Crippen molar-refractivity contribution < 1.29 is 69.0 Å². The molecule has 0 saturated carbocycles. The van der Waals surface area contributed by atoms with Crippen LogP contribution in [0.5, 0.6) is 17.2 Å². The fourth-order valence-electron chi connectivity index (χ4n) is 5.45. The first kappa shape index (κ1) is 32.1. The molecule has 15 heteroatoms. The second-order valence-electron chi connectivity index (χ2n) is 10.5. The maximum Gasteiger partial charge on any atom is 0.197 e. The zero-order chi connectivity index (χ0) is 31.9. The lowest BCUT2D eigenvalue weighted by Gasteiger charge is -2.46. The van der Waals surface area contributed by atoms with Gasteiger partial charge in [-0.3, -0.25) is 4.79 Å². The van der Waals surface area contributed by atoms with Gasteiger partial charge < -0.3 is 69.0 Å². The van der Waals surface area contributed by atoms with Crippen molar-refractivity contribution in [1.29, 1.82) is 0 Å². The number of aliphatic hydroxyl groups is 7. The van der Waals surface area contributed by atoms with Gasteiger partial charge in [0.2, 0.25) is 0 Å². The van der Waals surface area contributed by atoms with Gasteiger partial charge >= 0.3 is 0 Å². The summed E-state index contributed by atoms with van der Waals surface area (Å²) in [7, 11) is 2.76. The summed E-state index contributed by atoms with van der Waals surface area (Å²) < 4.78 is 33.6. The van der Waals surface area contributed by atoms with E-state index in [0.717, 1.165) is 0 Å². The topological polar surface area (TPSA) is 238 Å². The van der Waals surface area contributed by atoms with Gasteiger partial charge in [-0.2, -0.15) is 0 Å². The summed E-state index contributed by atoms with van der Waals surface area (Å²) in [6, 6.07) is 9.17. The van der Waals surface area contributed by atoms with E-state index in [1.807, 2.05) is 0 Å². The first-order valence-electron chi connectivity index (χ1n) is 13.6. The Labute approximate surface area is 249 Å². The number of phenolic OH excluding ortho intramolecular Hbond substituents is 1. The Bertz CT molecular complexity index is 1510. The fraction of sp³-hybridized carbons (Fsp3) is 0.483. The summed E-state index contributed by atoms with van der Waals surface area (Å²) in [5, 5.41) is 83.2. The standard InChI is InChI=1S/C29H34O15/c1-39-12-5-3-11(4-6-12)14-7-13(32)19-16(41-14)8-15(40-2)20(23(19)35)27-28(25(37)22(34)17(9-30)42-27)44-29-26(38)24(36)21(33)18(10-31)43-29/h3-8,17-18,21-22,24-31,33-38H,9-10H2,1-2H3/t17?,18?,21-,22-,24+,25+,26?,27+,28?,29+/m1/s1. The molecule has 2 aromatic carbocycles. The summed E-state index contributed by atoms with van der Waals surface area (Å²) in [6.45, 7) is -1.54. The van der Waals surface area contributed by atoms with E-state index < -0.39 is 85.6 Å². The highest BCUT2D eigenvalue weighted by molar-refractivity contribution is 5.88. The van der Waals surface area contributed by atoms with Gasteiger partial charge in [0.05, 0.1) is 33.0 Å². The van der Waals surface area contributed by atoms with E-state index in [2.05, 4.69) is 0 Å². The molecule has 3 heterocycles. The van der Waals surface area contributed by atoms with Crippen LogP contribution in [0.3, 0.4) is 0 Å². The van der Waals surface area contributed by atoms with Gasteiger partial charge in [0.15, 0.2) is 11.7 Å². The molecule has 5 rings (SSSR count). The Morgan fingerprint density at radius 2 is 1.43 bits per heavy atom. The number of ether oxygens (including phenoxy) is 5. The molecule has 0 aliphatic carbocycles. The Morgan fingerprint density at radius 1 is 0.795 bits per heavy atom. The third kappa shape index (κ3) is 5.63. The summed E-state index contributed by atoms with van der Waals surface area (Å²) in [4.78, 5) is 13.4. The predicted octanol–water partition coefficient (Wildman–Crippen LogP) is -1.48. The molecule has 0 spiro atoms. The van der Waals surface area contributed by atoms with E-state index in [1.54, 1.807) is 24.3 Å². The van der Waals surface area contributed by atoms with E-state index in [9.17, 15) is 45.6 Å². The van der Waals surface area contributed by atoms with Crippen molar-refractivity contribution in [3.8, 4) is 28.6 Å². The number of benzene rings is 2. The van der Waals surface area contributed by atoms with E-state index >= 15 is 0 Å². The highest BCUT2D eigenvalue weighted by Gasteiger charge is 2.52. The maximum absolute atomic E-state index is 13.4. The van der Waals surface area contributed by atoms with Crippen LogP contribution in [-0.4, -0.2) is 123 Å². The summed E-state index contributed by atoms with van der Waals surface area (Å²) in [5.41, 5.74) is -0.412. The molecule has 3 aromatic rings. The largest absolute Gasteiger partial charge is 0.506 e. The Kier molecular flexibility index (Phi) is 9.43. The third-order valence-corrected chi connectivity index (χ3v) is 7.88. The van der Waals surface area contributed by atoms with Crippen molar-refractivity contribution in [1.82, 2.24) is 0 Å². The van der Waals surface area contributed by atoms with Crippen LogP contribution in [-0.2, 0) is 14.2 Å². The van der Waals surface area contributed by atoms with Gasteiger partial charge in [0.1, 0.15) is 88.9 Å². The number of rotatable bonds is 8.